The lowest BCUT2D eigenvalue weighted by atomic mass is 10.1. The van der Waals surface area contributed by atoms with Crippen LogP contribution in [0, 0.1) is 0 Å². The van der Waals surface area contributed by atoms with Gasteiger partial charge in [-0.25, -0.2) is 0 Å². The maximum Gasteiger partial charge on any atom is 0.265 e. The summed E-state index contributed by atoms with van der Waals surface area (Å²) in [5, 5.41) is 5.64. The highest BCUT2D eigenvalue weighted by Crippen LogP contribution is 2.29. The van der Waals surface area contributed by atoms with Crippen LogP contribution in [0.2, 0.25) is 0 Å². The molecule has 1 aliphatic rings. The minimum Gasteiger partial charge on any atom is -0.490 e. The predicted molar refractivity (Wildman–Crippen MR) is 121 cm³/mol. The number of benzene rings is 1. The van der Waals surface area contributed by atoms with Gasteiger partial charge in [0.15, 0.2) is 5.65 Å². The number of carbonyl (C=O) groups is 1. The van der Waals surface area contributed by atoms with Gasteiger partial charge < -0.3 is 19.9 Å². The molecular formula is C22H25N7O3. The lowest BCUT2D eigenvalue weighted by Crippen LogP contribution is -2.41. The maximum atomic E-state index is 12.7. The molecule has 2 N–H and O–H groups in total. The van der Waals surface area contributed by atoms with E-state index in [1.807, 2.05) is 35.0 Å². The van der Waals surface area contributed by atoms with Crippen molar-refractivity contribution in [3.05, 3.63) is 47.0 Å². The lowest BCUT2D eigenvalue weighted by molar-refractivity contribution is -0.118. The first-order valence-electron chi connectivity index (χ1n) is 10.6. The summed E-state index contributed by atoms with van der Waals surface area (Å²) in [5.74, 6) is 1.06. The number of aryl methyl sites for hydroxylation is 1. The van der Waals surface area contributed by atoms with E-state index in [-0.39, 0.29) is 24.1 Å². The van der Waals surface area contributed by atoms with Crippen LogP contribution >= 0.6 is 0 Å². The van der Waals surface area contributed by atoms with Gasteiger partial charge in [-0.2, -0.15) is 10.1 Å². The van der Waals surface area contributed by atoms with Crippen molar-refractivity contribution in [2.45, 2.75) is 25.5 Å². The van der Waals surface area contributed by atoms with Crippen LogP contribution in [-0.2, 0) is 25.4 Å². The van der Waals surface area contributed by atoms with Gasteiger partial charge in [-0.05, 0) is 18.2 Å². The summed E-state index contributed by atoms with van der Waals surface area (Å²) in [5.41, 5.74) is 6.77. The molecule has 1 aromatic carbocycles. The third kappa shape index (κ3) is 3.37. The molecule has 0 aliphatic carbocycles. The van der Waals surface area contributed by atoms with E-state index in [2.05, 4.69) is 10.00 Å². The molecule has 0 radical (unpaired) electrons. The molecule has 0 saturated carbocycles. The topological polar surface area (TPSA) is 113 Å². The van der Waals surface area contributed by atoms with Crippen molar-refractivity contribution in [2.24, 2.45) is 19.8 Å². The molecule has 5 rings (SSSR count). The highest BCUT2D eigenvalue weighted by atomic mass is 16.5. The third-order valence-corrected chi connectivity index (χ3v) is 6.07. The molecule has 0 unspecified atom stereocenters. The highest BCUT2D eigenvalue weighted by Gasteiger charge is 2.25. The van der Waals surface area contributed by atoms with Gasteiger partial charge in [0.05, 0.1) is 11.7 Å². The summed E-state index contributed by atoms with van der Waals surface area (Å²) in [7, 11) is 3.53. The Kier molecular flexibility index (Phi) is 4.84. The van der Waals surface area contributed by atoms with Crippen LogP contribution in [0.5, 0.6) is 5.75 Å². The van der Waals surface area contributed by atoms with Crippen LogP contribution < -0.4 is 20.9 Å². The fourth-order valence-corrected chi connectivity index (χ4v) is 4.40. The number of rotatable bonds is 5. The van der Waals surface area contributed by atoms with Crippen LogP contribution in [0.15, 0.2) is 41.5 Å². The zero-order chi connectivity index (χ0) is 22.4. The van der Waals surface area contributed by atoms with Crippen LogP contribution in [0.3, 0.4) is 0 Å². The van der Waals surface area contributed by atoms with Crippen molar-refractivity contribution in [1.82, 2.24) is 23.9 Å². The molecule has 4 aromatic rings. The standard InChI is InChI=1S/C22H25N7O3/c1-26-21(31)16-12-24-27(2)20(16)25-22(26)28-9-6-14(7-10-28)32-18-5-3-4-17-15(18)8-11-29(17)13-19(23)30/h3-5,8,11-12,14H,6-7,9-10,13H2,1-2H3,(H2,23,30). The Morgan fingerprint density at radius 1 is 1.19 bits per heavy atom. The normalized spacial score (nSPS) is 15.0. The molecule has 0 bridgehead atoms. The van der Waals surface area contributed by atoms with Gasteiger partial charge in [0.25, 0.3) is 5.56 Å². The largest absolute Gasteiger partial charge is 0.490 e. The molecule has 3 aromatic heterocycles. The van der Waals surface area contributed by atoms with Gasteiger partial charge in [-0.3, -0.25) is 18.8 Å². The van der Waals surface area contributed by atoms with Crippen molar-refractivity contribution in [2.75, 3.05) is 18.0 Å². The fraction of sp³-hybridized carbons (Fsp3) is 0.364. The number of anilines is 1. The summed E-state index contributed by atoms with van der Waals surface area (Å²) in [6, 6.07) is 7.78. The zero-order valence-corrected chi connectivity index (χ0v) is 18.1. The lowest BCUT2D eigenvalue weighted by Gasteiger charge is -2.33. The van der Waals surface area contributed by atoms with E-state index in [9.17, 15) is 9.59 Å². The Morgan fingerprint density at radius 2 is 1.97 bits per heavy atom. The molecule has 1 fully saturated rings. The Balaban J connectivity index is 1.33. The average Bonchev–Trinajstić information content (AvgIpc) is 3.35. The molecule has 4 heterocycles. The summed E-state index contributed by atoms with van der Waals surface area (Å²) in [6.07, 6.45) is 5.07. The van der Waals surface area contributed by atoms with Crippen molar-refractivity contribution < 1.29 is 9.53 Å². The Labute approximate surface area is 183 Å². The predicted octanol–water partition coefficient (Wildman–Crippen LogP) is 1.15. The second-order valence-corrected chi connectivity index (χ2v) is 8.18. The third-order valence-electron chi connectivity index (χ3n) is 6.07. The minimum absolute atomic E-state index is 0.0498. The van der Waals surface area contributed by atoms with Crippen LogP contribution in [0.4, 0.5) is 5.95 Å². The summed E-state index contributed by atoms with van der Waals surface area (Å²) >= 11 is 0. The number of hydrogen-bond acceptors (Lipinski definition) is 6. The summed E-state index contributed by atoms with van der Waals surface area (Å²) < 4.78 is 11.4. The first kappa shape index (κ1) is 20.1. The smallest absolute Gasteiger partial charge is 0.265 e. The summed E-state index contributed by atoms with van der Waals surface area (Å²) in [6.45, 7) is 1.60. The quantitative estimate of drug-likeness (QED) is 0.503. The van der Waals surface area contributed by atoms with Gasteiger partial charge in [0.1, 0.15) is 23.8 Å². The number of carbonyl (C=O) groups excluding carboxylic acids is 1. The van der Waals surface area contributed by atoms with E-state index in [1.54, 1.807) is 29.5 Å². The number of piperidine rings is 1. The molecular weight excluding hydrogens is 410 g/mol. The molecule has 1 saturated heterocycles. The van der Waals surface area contributed by atoms with Crippen LogP contribution in [-0.4, -0.2) is 49.0 Å². The average molecular weight is 435 g/mol. The number of hydrogen-bond donors (Lipinski definition) is 1. The Bertz CT molecular complexity index is 1380. The number of nitrogens with zero attached hydrogens (tertiary/aromatic N) is 6. The molecule has 10 heteroatoms. The van der Waals surface area contributed by atoms with Gasteiger partial charge in [-0.15, -0.1) is 0 Å². The van der Waals surface area contributed by atoms with E-state index in [4.69, 9.17) is 15.5 Å². The van der Waals surface area contributed by atoms with Crippen molar-refractivity contribution in [3.63, 3.8) is 0 Å². The van der Waals surface area contributed by atoms with Crippen molar-refractivity contribution in [1.29, 1.82) is 0 Å². The van der Waals surface area contributed by atoms with Crippen molar-refractivity contribution in [3.8, 4) is 5.75 Å². The first-order chi connectivity index (χ1) is 15.4. The van der Waals surface area contributed by atoms with Gasteiger partial charge in [-0.1, -0.05) is 6.07 Å². The summed E-state index contributed by atoms with van der Waals surface area (Å²) in [4.78, 5) is 30.8. The van der Waals surface area contributed by atoms with Gasteiger partial charge in [0.2, 0.25) is 11.9 Å². The zero-order valence-electron chi connectivity index (χ0n) is 18.1. The van der Waals surface area contributed by atoms with E-state index in [1.165, 1.54) is 0 Å². The molecule has 1 aliphatic heterocycles. The number of aromatic nitrogens is 5. The molecule has 0 atom stereocenters. The van der Waals surface area contributed by atoms with E-state index >= 15 is 0 Å². The Morgan fingerprint density at radius 3 is 2.72 bits per heavy atom. The first-order valence-corrected chi connectivity index (χ1v) is 10.6. The molecule has 1 amide bonds. The number of fused-ring (bicyclic) bond motifs is 2. The minimum atomic E-state index is -0.381. The fourth-order valence-electron chi connectivity index (χ4n) is 4.40. The number of primary amides is 1. The van der Waals surface area contributed by atoms with E-state index in [0.717, 1.165) is 42.6 Å². The SMILES string of the molecule is Cn1c(N2CCC(Oc3cccc4c3ccn4CC(N)=O)CC2)nc2c(cnn2C)c1=O. The monoisotopic (exact) mass is 435 g/mol. The van der Waals surface area contributed by atoms with Gasteiger partial charge >= 0.3 is 0 Å². The maximum absolute atomic E-state index is 12.7. The molecule has 0 spiro atoms. The highest BCUT2D eigenvalue weighted by molar-refractivity contribution is 5.88. The van der Waals surface area contributed by atoms with E-state index in [0.29, 0.717) is 17.0 Å². The van der Waals surface area contributed by atoms with Crippen LogP contribution in [0.25, 0.3) is 21.9 Å². The molecule has 10 nitrogen and oxygen atoms in total. The number of amides is 1. The van der Waals surface area contributed by atoms with E-state index < -0.39 is 0 Å². The van der Waals surface area contributed by atoms with Gasteiger partial charge in [0, 0.05) is 51.6 Å². The second kappa shape index (κ2) is 7.70. The molecule has 32 heavy (non-hydrogen) atoms. The second-order valence-electron chi connectivity index (χ2n) is 8.18. The Hall–Kier alpha value is -3.82. The van der Waals surface area contributed by atoms with Crippen LogP contribution in [0.1, 0.15) is 12.8 Å². The number of ether oxygens (including phenoxy) is 1. The van der Waals surface area contributed by atoms with Crippen molar-refractivity contribution >= 4 is 33.8 Å². The molecule has 166 valence electrons. The number of nitrogens with two attached hydrogens (primary N) is 1.